The van der Waals surface area contributed by atoms with E-state index >= 15 is 0 Å². The summed E-state index contributed by atoms with van der Waals surface area (Å²) in [6.45, 7) is 8.06. The zero-order chi connectivity index (χ0) is 9.52. The minimum atomic E-state index is -0.374. The molecule has 1 saturated heterocycles. The van der Waals surface area contributed by atoms with Gasteiger partial charge in [-0.05, 0) is 27.7 Å². The van der Waals surface area contributed by atoms with Crippen LogP contribution in [0.25, 0.3) is 0 Å². The molecule has 0 unspecified atom stereocenters. The van der Waals surface area contributed by atoms with Crippen LogP contribution in [0.4, 0.5) is 0 Å². The van der Waals surface area contributed by atoms with Crippen LogP contribution in [0.15, 0.2) is 0 Å². The number of hydroxylamine groups is 4. The Kier molecular flexibility index (Phi) is 2.45. The normalized spacial score (nSPS) is 38.5. The van der Waals surface area contributed by atoms with Gasteiger partial charge in [0, 0.05) is 12.6 Å². The first-order valence-electron chi connectivity index (χ1n) is 4.30. The molecule has 12 heavy (non-hydrogen) atoms. The molecule has 4 nitrogen and oxygen atoms in total. The van der Waals surface area contributed by atoms with Crippen molar-refractivity contribution in [2.45, 2.75) is 45.3 Å². The fourth-order valence-electron chi connectivity index (χ4n) is 1.62. The summed E-state index contributed by atoms with van der Waals surface area (Å²) < 4.78 is 0. The van der Waals surface area contributed by atoms with Crippen LogP contribution in [0.3, 0.4) is 0 Å². The highest BCUT2D eigenvalue weighted by Crippen LogP contribution is 2.25. The molecule has 2 N–H and O–H groups in total. The molecule has 1 fully saturated rings. The van der Waals surface area contributed by atoms with Gasteiger partial charge in [0.05, 0.1) is 11.6 Å². The third-order valence-electron chi connectivity index (χ3n) is 2.72. The highest BCUT2D eigenvalue weighted by molar-refractivity contribution is 4.91. The molecule has 0 bridgehead atoms. The van der Waals surface area contributed by atoms with Crippen LogP contribution in [0.2, 0.25) is 0 Å². The number of piperazine rings is 1. The van der Waals surface area contributed by atoms with Gasteiger partial charge >= 0.3 is 0 Å². The molecule has 0 aromatic rings. The fourth-order valence-corrected chi connectivity index (χ4v) is 1.62. The Morgan fingerprint density at radius 2 is 1.67 bits per heavy atom. The van der Waals surface area contributed by atoms with E-state index in [2.05, 4.69) is 0 Å². The van der Waals surface area contributed by atoms with Crippen molar-refractivity contribution in [2.24, 2.45) is 0 Å². The first kappa shape index (κ1) is 9.92. The Morgan fingerprint density at radius 1 is 1.17 bits per heavy atom. The minimum absolute atomic E-state index is 0.0250. The van der Waals surface area contributed by atoms with Crippen LogP contribution in [0, 0.1) is 0 Å². The average Bonchev–Trinajstić information content (AvgIpc) is 1.97. The van der Waals surface area contributed by atoms with Crippen molar-refractivity contribution >= 4 is 0 Å². The molecule has 1 aliphatic heterocycles. The number of hydrogen-bond donors (Lipinski definition) is 2. The lowest BCUT2D eigenvalue weighted by atomic mass is 9.96. The Balaban J connectivity index is 2.78. The van der Waals surface area contributed by atoms with Crippen LogP contribution in [-0.2, 0) is 0 Å². The van der Waals surface area contributed by atoms with Crippen molar-refractivity contribution < 1.29 is 10.4 Å². The number of rotatable bonds is 0. The lowest BCUT2D eigenvalue weighted by molar-refractivity contribution is -0.284. The molecule has 2 atom stereocenters. The average molecular weight is 174 g/mol. The second kappa shape index (κ2) is 2.96. The van der Waals surface area contributed by atoms with E-state index in [0.29, 0.717) is 6.54 Å². The predicted molar refractivity (Wildman–Crippen MR) is 45.1 cm³/mol. The second-order valence-corrected chi connectivity index (χ2v) is 4.24. The van der Waals surface area contributed by atoms with Gasteiger partial charge in [-0.3, -0.25) is 0 Å². The van der Waals surface area contributed by atoms with Crippen LogP contribution in [0.1, 0.15) is 27.7 Å². The molecule has 1 rings (SSSR count). The molecule has 0 amide bonds. The van der Waals surface area contributed by atoms with Gasteiger partial charge < -0.3 is 10.4 Å². The third-order valence-corrected chi connectivity index (χ3v) is 2.72. The van der Waals surface area contributed by atoms with E-state index in [9.17, 15) is 10.4 Å². The SMILES string of the molecule is C[C@H]1[C@H](C)N(O)C(C)(C)CN1O. The van der Waals surface area contributed by atoms with Crippen LogP contribution >= 0.6 is 0 Å². The molecule has 0 radical (unpaired) electrons. The highest BCUT2D eigenvalue weighted by Gasteiger charge is 2.41. The molecule has 4 heteroatoms. The summed E-state index contributed by atoms with van der Waals surface area (Å²) in [5, 5.41) is 21.8. The summed E-state index contributed by atoms with van der Waals surface area (Å²) >= 11 is 0. The summed E-state index contributed by atoms with van der Waals surface area (Å²) in [5.41, 5.74) is -0.374. The Morgan fingerprint density at radius 3 is 2.17 bits per heavy atom. The van der Waals surface area contributed by atoms with Crippen molar-refractivity contribution in [3.05, 3.63) is 0 Å². The Hall–Kier alpha value is -0.160. The molecule has 1 aliphatic rings. The van der Waals surface area contributed by atoms with Gasteiger partial charge in [0.25, 0.3) is 0 Å². The molecule has 0 aliphatic carbocycles. The van der Waals surface area contributed by atoms with Crippen molar-refractivity contribution in [1.29, 1.82) is 0 Å². The molecule has 0 saturated carbocycles. The first-order chi connectivity index (χ1) is 5.36. The van der Waals surface area contributed by atoms with Crippen molar-refractivity contribution in [3.63, 3.8) is 0 Å². The maximum absolute atomic E-state index is 9.69. The quantitative estimate of drug-likeness (QED) is 0.573. The van der Waals surface area contributed by atoms with E-state index in [4.69, 9.17) is 0 Å². The van der Waals surface area contributed by atoms with E-state index in [1.807, 2.05) is 27.7 Å². The first-order valence-corrected chi connectivity index (χ1v) is 4.30. The van der Waals surface area contributed by atoms with Gasteiger partial charge in [0.15, 0.2) is 0 Å². The monoisotopic (exact) mass is 174 g/mol. The van der Waals surface area contributed by atoms with Crippen molar-refractivity contribution in [3.8, 4) is 0 Å². The van der Waals surface area contributed by atoms with Gasteiger partial charge in [-0.2, -0.15) is 10.1 Å². The molecule has 0 aromatic heterocycles. The van der Waals surface area contributed by atoms with Crippen LogP contribution in [-0.4, -0.2) is 44.7 Å². The van der Waals surface area contributed by atoms with E-state index in [1.54, 1.807) is 0 Å². The van der Waals surface area contributed by atoms with E-state index < -0.39 is 0 Å². The maximum atomic E-state index is 9.69. The van der Waals surface area contributed by atoms with Gasteiger partial charge in [0.2, 0.25) is 0 Å². The van der Waals surface area contributed by atoms with E-state index in [-0.39, 0.29) is 17.6 Å². The lowest BCUT2D eigenvalue weighted by Gasteiger charge is -2.48. The Labute approximate surface area is 73.3 Å². The van der Waals surface area contributed by atoms with E-state index in [0.717, 1.165) is 0 Å². The predicted octanol–water partition coefficient (Wildman–Crippen LogP) is 0.938. The minimum Gasteiger partial charge on any atom is -0.314 e. The molecule has 72 valence electrons. The zero-order valence-electron chi connectivity index (χ0n) is 8.15. The molecule has 1 heterocycles. The number of hydrogen-bond acceptors (Lipinski definition) is 4. The molecule has 0 aromatic carbocycles. The molecule has 0 spiro atoms. The topological polar surface area (TPSA) is 46.9 Å². The van der Waals surface area contributed by atoms with Gasteiger partial charge in [0.1, 0.15) is 0 Å². The standard InChI is InChI=1S/C8H18N2O2/c1-6-7(2)10(12)8(3,4)5-9(6)11/h6-7,11-12H,5H2,1-4H3/t6-,7-/m0/s1. The second-order valence-electron chi connectivity index (χ2n) is 4.24. The summed E-state index contributed by atoms with van der Waals surface area (Å²) in [5.74, 6) is 0. The van der Waals surface area contributed by atoms with Gasteiger partial charge in [-0.25, -0.2) is 0 Å². The van der Waals surface area contributed by atoms with Crippen molar-refractivity contribution in [2.75, 3.05) is 6.54 Å². The lowest BCUT2D eigenvalue weighted by Crippen LogP contribution is -2.64. The largest absolute Gasteiger partial charge is 0.314 e. The maximum Gasteiger partial charge on any atom is 0.0558 e. The third kappa shape index (κ3) is 1.47. The highest BCUT2D eigenvalue weighted by atomic mass is 16.5. The smallest absolute Gasteiger partial charge is 0.0558 e. The number of nitrogens with zero attached hydrogens (tertiary/aromatic N) is 2. The summed E-state index contributed by atoms with van der Waals surface area (Å²) in [7, 11) is 0. The van der Waals surface area contributed by atoms with Gasteiger partial charge in [-0.15, -0.1) is 0 Å². The van der Waals surface area contributed by atoms with Crippen molar-refractivity contribution in [1.82, 2.24) is 10.1 Å². The summed E-state index contributed by atoms with van der Waals surface area (Å²) in [6.07, 6.45) is 0. The molecular weight excluding hydrogens is 156 g/mol. The fraction of sp³-hybridized carbons (Fsp3) is 1.00. The summed E-state index contributed by atoms with van der Waals surface area (Å²) in [6, 6.07) is -0.0678. The van der Waals surface area contributed by atoms with Crippen LogP contribution < -0.4 is 0 Å². The molecular formula is C8H18N2O2. The zero-order valence-corrected chi connectivity index (χ0v) is 8.15. The van der Waals surface area contributed by atoms with Crippen LogP contribution in [0.5, 0.6) is 0 Å². The van der Waals surface area contributed by atoms with E-state index in [1.165, 1.54) is 10.1 Å². The summed E-state index contributed by atoms with van der Waals surface area (Å²) in [4.78, 5) is 0. The van der Waals surface area contributed by atoms with Gasteiger partial charge in [-0.1, -0.05) is 0 Å². The Bertz CT molecular complexity index is 172.